The van der Waals surface area contributed by atoms with E-state index in [-0.39, 0.29) is 0 Å². The first kappa shape index (κ1) is 14.4. The van der Waals surface area contributed by atoms with Gasteiger partial charge in [-0.05, 0) is 37.6 Å². The Morgan fingerprint density at radius 3 is 2.53 bits per heavy atom. The smallest absolute Gasteiger partial charge is 0.0429 e. The van der Waals surface area contributed by atoms with Crippen LogP contribution in [0.25, 0.3) is 0 Å². The van der Waals surface area contributed by atoms with Crippen LogP contribution in [0, 0.1) is 5.41 Å². The predicted octanol–water partition coefficient (Wildman–Crippen LogP) is 2.18. The summed E-state index contributed by atoms with van der Waals surface area (Å²) in [5, 5.41) is 0. The van der Waals surface area contributed by atoms with E-state index in [9.17, 15) is 0 Å². The Labute approximate surface area is 117 Å². The Morgan fingerprint density at radius 2 is 1.89 bits per heavy atom. The third kappa shape index (κ3) is 3.71. The van der Waals surface area contributed by atoms with Gasteiger partial charge in [0.1, 0.15) is 0 Å². The van der Waals surface area contributed by atoms with Gasteiger partial charge in [-0.2, -0.15) is 0 Å². The Balaban J connectivity index is 2.28. The Morgan fingerprint density at radius 1 is 1.21 bits per heavy atom. The van der Waals surface area contributed by atoms with Gasteiger partial charge in [0, 0.05) is 31.4 Å². The first-order valence-electron chi connectivity index (χ1n) is 7.22. The zero-order chi connectivity index (χ0) is 13.9. The Hall–Kier alpha value is -1.06. The molecule has 106 valence electrons. The summed E-state index contributed by atoms with van der Waals surface area (Å²) in [6.07, 6.45) is 1.05. The van der Waals surface area contributed by atoms with Gasteiger partial charge in [0.25, 0.3) is 0 Å². The minimum atomic E-state index is 0.300. The lowest BCUT2D eigenvalue weighted by atomic mass is 9.92. The molecule has 0 spiro atoms. The highest BCUT2D eigenvalue weighted by atomic mass is 15.2. The van der Waals surface area contributed by atoms with Crippen LogP contribution in [0.4, 0.5) is 5.69 Å². The van der Waals surface area contributed by atoms with Gasteiger partial charge in [-0.3, -0.25) is 0 Å². The van der Waals surface area contributed by atoms with Crippen molar-refractivity contribution in [1.82, 2.24) is 4.90 Å². The summed E-state index contributed by atoms with van der Waals surface area (Å²) in [7, 11) is 2.22. The minimum Gasteiger partial charge on any atom is -0.367 e. The van der Waals surface area contributed by atoms with Gasteiger partial charge in [-0.25, -0.2) is 0 Å². The van der Waals surface area contributed by atoms with Crippen LogP contribution in [0.3, 0.4) is 0 Å². The van der Waals surface area contributed by atoms with Gasteiger partial charge in [0.05, 0.1) is 0 Å². The fourth-order valence-electron chi connectivity index (χ4n) is 3.25. The van der Waals surface area contributed by atoms with Crippen LogP contribution in [0.5, 0.6) is 0 Å². The van der Waals surface area contributed by atoms with E-state index >= 15 is 0 Å². The van der Waals surface area contributed by atoms with Crippen LogP contribution >= 0.6 is 0 Å². The second-order valence-corrected chi connectivity index (χ2v) is 6.56. The fraction of sp³-hybridized carbons (Fsp3) is 0.625. The van der Waals surface area contributed by atoms with Gasteiger partial charge in [-0.1, -0.05) is 32.0 Å². The maximum atomic E-state index is 5.82. The predicted molar refractivity (Wildman–Crippen MR) is 82.5 cm³/mol. The van der Waals surface area contributed by atoms with E-state index in [1.54, 1.807) is 0 Å². The summed E-state index contributed by atoms with van der Waals surface area (Å²) < 4.78 is 0. The maximum Gasteiger partial charge on any atom is 0.0429 e. The molecule has 3 heteroatoms. The van der Waals surface area contributed by atoms with E-state index in [0.717, 1.165) is 32.6 Å². The molecule has 1 aromatic rings. The molecular weight excluding hydrogens is 234 g/mol. The molecule has 1 unspecified atom stereocenters. The third-order valence-electron chi connectivity index (χ3n) is 3.85. The number of hydrogen-bond acceptors (Lipinski definition) is 3. The number of anilines is 1. The van der Waals surface area contributed by atoms with E-state index in [4.69, 9.17) is 5.73 Å². The highest BCUT2D eigenvalue weighted by Crippen LogP contribution is 2.29. The molecule has 1 saturated heterocycles. The standard InChI is InChI=1S/C16H27N3/c1-16(2)12-18(3)11-15(9-10-17)19(13-16)14-7-5-4-6-8-14/h4-8,15H,9-13,17H2,1-3H3. The molecule has 1 fully saturated rings. The third-order valence-corrected chi connectivity index (χ3v) is 3.85. The molecule has 19 heavy (non-hydrogen) atoms. The van der Waals surface area contributed by atoms with Crippen molar-refractivity contribution in [2.45, 2.75) is 26.3 Å². The molecule has 2 N–H and O–H groups in total. The topological polar surface area (TPSA) is 32.5 Å². The Kier molecular flexibility index (Phi) is 4.48. The molecule has 2 rings (SSSR count). The minimum absolute atomic E-state index is 0.300. The average molecular weight is 261 g/mol. The number of nitrogens with zero attached hydrogens (tertiary/aromatic N) is 2. The van der Waals surface area contributed by atoms with Crippen molar-refractivity contribution >= 4 is 5.69 Å². The number of hydrogen-bond donors (Lipinski definition) is 1. The molecule has 3 nitrogen and oxygen atoms in total. The molecular formula is C16H27N3. The van der Waals surface area contributed by atoms with Crippen molar-refractivity contribution in [3.63, 3.8) is 0 Å². The average Bonchev–Trinajstić information content (AvgIpc) is 2.46. The van der Waals surface area contributed by atoms with E-state index in [2.05, 4.69) is 61.0 Å². The molecule has 1 aliphatic rings. The van der Waals surface area contributed by atoms with Crippen LogP contribution in [-0.2, 0) is 0 Å². The molecule has 1 aromatic carbocycles. The fourth-order valence-corrected chi connectivity index (χ4v) is 3.25. The summed E-state index contributed by atoms with van der Waals surface area (Å²) >= 11 is 0. The number of rotatable bonds is 3. The SMILES string of the molecule is CN1CC(CCN)N(c2ccccc2)CC(C)(C)C1. The zero-order valence-electron chi connectivity index (χ0n) is 12.5. The van der Waals surface area contributed by atoms with E-state index in [1.165, 1.54) is 5.69 Å². The first-order valence-corrected chi connectivity index (χ1v) is 7.22. The van der Waals surface area contributed by atoms with Gasteiger partial charge >= 0.3 is 0 Å². The first-order chi connectivity index (χ1) is 9.02. The number of para-hydroxylation sites is 1. The van der Waals surface area contributed by atoms with Gasteiger partial charge in [0.2, 0.25) is 0 Å². The normalized spacial score (nSPS) is 24.2. The van der Waals surface area contributed by atoms with Crippen molar-refractivity contribution in [3.05, 3.63) is 30.3 Å². The molecule has 0 amide bonds. The molecule has 1 heterocycles. The van der Waals surface area contributed by atoms with E-state index < -0.39 is 0 Å². The van der Waals surface area contributed by atoms with E-state index in [1.807, 2.05) is 0 Å². The van der Waals surface area contributed by atoms with E-state index in [0.29, 0.717) is 11.5 Å². The second-order valence-electron chi connectivity index (χ2n) is 6.56. The van der Waals surface area contributed by atoms with Crippen molar-refractivity contribution in [1.29, 1.82) is 0 Å². The number of likely N-dealkylation sites (N-methyl/N-ethyl adjacent to an activating group) is 1. The summed E-state index contributed by atoms with van der Waals surface area (Å²) in [6, 6.07) is 11.3. The number of benzene rings is 1. The monoisotopic (exact) mass is 261 g/mol. The molecule has 0 saturated carbocycles. The van der Waals surface area contributed by atoms with Crippen molar-refractivity contribution in [2.24, 2.45) is 11.1 Å². The molecule has 1 aliphatic heterocycles. The van der Waals surface area contributed by atoms with Gasteiger partial charge in [0.15, 0.2) is 0 Å². The van der Waals surface area contributed by atoms with Gasteiger partial charge in [-0.15, -0.1) is 0 Å². The highest BCUT2D eigenvalue weighted by molar-refractivity contribution is 5.47. The lowest BCUT2D eigenvalue weighted by Crippen LogP contribution is -2.43. The lowest BCUT2D eigenvalue weighted by molar-refractivity contribution is 0.238. The van der Waals surface area contributed by atoms with Crippen molar-refractivity contribution in [3.8, 4) is 0 Å². The summed E-state index contributed by atoms with van der Waals surface area (Å²) in [4.78, 5) is 5.00. The lowest BCUT2D eigenvalue weighted by Gasteiger charge is -2.35. The van der Waals surface area contributed by atoms with Crippen LogP contribution in [0.1, 0.15) is 20.3 Å². The largest absolute Gasteiger partial charge is 0.367 e. The molecule has 0 aliphatic carbocycles. The van der Waals surface area contributed by atoms with Crippen LogP contribution in [0.2, 0.25) is 0 Å². The highest BCUT2D eigenvalue weighted by Gasteiger charge is 2.32. The quantitative estimate of drug-likeness (QED) is 0.905. The zero-order valence-corrected chi connectivity index (χ0v) is 12.5. The van der Waals surface area contributed by atoms with Crippen molar-refractivity contribution < 1.29 is 0 Å². The van der Waals surface area contributed by atoms with Crippen molar-refractivity contribution in [2.75, 3.05) is 38.1 Å². The molecule has 0 radical (unpaired) electrons. The number of nitrogens with two attached hydrogens (primary N) is 1. The summed E-state index contributed by atoms with van der Waals surface area (Å²) in [5.74, 6) is 0. The molecule has 1 atom stereocenters. The summed E-state index contributed by atoms with van der Waals surface area (Å²) in [5.41, 5.74) is 7.44. The van der Waals surface area contributed by atoms with Crippen LogP contribution in [-0.4, -0.2) is 44.2 Å². The van der Waals surface area contributed by atoms with Gasteiger partial charge < -0.3 is 15.5 Å². The second kappa shape index (κ2) is 5.93. The Bertz CT molecular complexity index is 388. The molecule has 0 bridgehead atoms. The van der Waals surface area contributed by atoms with Crippen LogP contribution in [0.15, 0.2) is 30.3 Å². The maximum absolute atomic E-state index is 5.82. The summed E-state index contributed by atoms with van der Waals surface area (Å²) in [6.45, 7) is 8.77. The van der Waals surface area contributed by atoms with Crippen LogP contribution < -0.4 is 10.6 Å². The molecule has 0 aromatic heterocycles.